The lowest BCUT2D eigenvalue weighted by molar-refractivity contribution is 0.126. The zero-order valence-corrected chi connectivity index (χ0v) is 13.4. The molecule has 2 fully saturated rings. The summed E-state index contributed by atoms with van der Waals surface area (Å²) in [5.74, 6) is 0. The van der Waals surface area contributed by atoms with E-state index in [-0.39, 0.29) is 0 Å². The van der Waals surface area contributed by atoms with Gasteiger partial charge >= 0.3 is 0 Å². The lowest BCUT2D eigenvalue weighted by Crippen LogP contribution is -2.38. The van der Waals surface area contributed by atoms with Gasteiger partial charge in [0, 0.05) is 12.1 Å². The molecule has 112 valence electrons. The Morgan fingerprint density at radius 1 is 1.05 bits per heavy atom. The van der Waals surface area contributed by atoms with Crippen LogP contribution in [0.15, 0.2) is 0 Å². The summed E-state index contributed by atoms with van der Waals surface area (Å²) in [5.41, 5.74) is 0.599. The first-order chi connectivity index (χ1) is 9.07. The summed E-state index contributed by atoms with van der Waals surface area (Å²) < 4.78 is 0. The van der Waals surface area contributed by atoms with Crippen molar-refractivity contribution in [2.75, 3.05) is 20.1 Å². The van der Waals surface area contributed by atoms with Crippen molar-refractivity contribution in [3.8, 4) is 0 Å². The van der Waals surface area contributed by atoms with Gasteiger partial charge in [-0.05, 0) is 70.5 Å². The van der Waals surface area contributed by atoms with Crippen LogP contribution in [0.4, 0.5) is 0 Å². The number of hydrogen-bond acceptors (Lipinski definition) is 2. The fourth-order valence-electron chi connectivity index (χ4n) is 3.77. The van der Waals surface area contributed by atoms with E-state index >= 15 is 0 Å². The van der Waals surface area contributed by atoms with Crippen LogP contribution >= 0.6 is 0 Å². The van der Waals surface area contributed by atoms with Crippen LogP contribution < -0.4 is 5.32 Å². The topological polar surface area (TPSA) is 15.3 Å². The zero-order chi connectivity index (χ0) is 13.7. The molecule has 2 nitrogen and oxygen atoms in total. The number of nitrogens with one attached hydrogen (secondary N) is 1. The molecule has 2 saturated carbocycles. The number of hydrogen-bond donors (Lipinski definition) is 1. The van der Waals surface area contributed by atoms with Crippen LogP contribution in [0.1, 0.15) is 71.6 Å². The first-order valence-electron chi connectivity index (χ1n) is 8.50. The highest BCUT2D eigenvalue weighted by molar-refractivity contribution is 4.83. The molecule has 2 aliphatic carbocycles. The van der Waals surface area contributed by atoms with Crippen LogP contribution in [0.3, 0.4) is 0 Å². The van der Waals surface area contributed by atoms with Gasteiger partial charge in [-0.1, -0.05) is 26.7 Å². The van der Waals surface area contributed by atoms with E-state index in [1.54, 1.807) is 0 Å². The predicted molar refractivity (Wildman–Crippen MR) is 83.5 cm³/mol. The third kappa shape index (κ3) is 5.07. The lowest BCUT2D eigenvalue weighted by atomic mass is 9.75. The van der Waals surface area contributed by atoms with E-state index in [0.29, 0.717) is 5.41 Å². The summed E-state index contributed by atoms with van der Waals surface area (Å²) in [4.78, 5) is 2.62. The van der Waals surface area contributed by atoms with Crippen molar-refractivity contribution < 1.29 is 0 Å². The minimum atomic E-state index is 0.599. The van der Waals surface area contributed by atoms with Crippen molar-refractivity contribution in [1.29, 1.82) is 0 Å². The molecule has 0 heterocycles. The maximum Gasteiger partial charge on any atom is 0.00926 e. The molecular formula is C17H34N2. The van der Waals surface area contributed by atoms with Crippen molar-refractivity contribution in [1.82, 2.24) is 10.2 Å². The van der Waals surface area contributed by atoms with Crippen molar-refractivity contribution in [3.05, 3.63) is 0 Å². The van der Waals surface area contributed by atoms with Crippen LogP contribution in [-0.2, 0) is 0 Å². The summed E-state index contributed by atoms with van der Waals surface area (Å²) in [6, 6.07) is 1.68. The first-order valence-corrected chi connectivity index (χ1v) is 8.50. The fraction of sp³-hybridized carbons (Fsp3) is 1.00. The van der Waals surface area contributed by atoms with Gasteiger partial charge in [0.2, 0.25) is 0 Å². The molecule has 0 unspecified atom stereocenters. The van der Waals surface area contributed by atoms with Crippen LogP contribution in [0, 0.1) is 5.41 Å². The maximum atomic E-state index is 3.73. The third-order valence-corrected chi connectivity index (χ3v) is 5.41. The molecule has 2 aliphatic rings. The van der Waals surface area contributed by atoms with Gasteiger partial charge < -0.3 is 10.2 Å². The zero-order valence-electron chi connectivity index (χ0n) is 13.4. The Labute approximate surface area is 120 Å². The van der Waals surface area contributed by atoms with E-state index < -0.39 is 0 Å². The summed E-state index contributed by atoms with van der Waals surface area (Å²) in [6.45, 7) is 7.33. The second-order valence-corrected chi connectivity index (χ2v) is 7.67. The van der Waals surface area contributed by atoms with E-state index in [1.165, 1.54) is 70.9 Å². The molecular weight excluding hydrogens is 232 g/mol. The van der Waals surface area contributed by atoms with Crippen molar-refractivity contribution >= 4 is 0 Å². The van der Waals surface area contributed by atoms with Gasteiger partial charge in [-0.3, -0.25) is 0 Å². The highest BCUT2D eigenvalue weighted by Crippen LogP contribution is 2.36. The molecule has 0 spiro atoms. The Morgan fingerprint density at radius 2 is 1.68 bits per heavy atom. The normalized spacial score (nSPS) is 25.3. The molecule has 0 bridgehead atoms. The second kappa shape index (κ2) is 7.08. The fourth-order valence-corrected chi connectivity index (χ4v) is 3.77. The molecule has 2 heteroatoms. The molecule has 0 aromatic carbocycles. The van der Waals surface area contributed by atoms with E-state index in [9.17, 15) is 0 Å². The summed E-state index contributed by atoms with van der Waals surface area (Å²) in [7, 11) is 2.33. The minimum absolute atomic E-state index is 0.599. The van der Waals surface area contributed by atoms with Crippen molar-refractivity contribution in [2.45, 2.75) is 83.7 Å². The summed E-state index contributed by atoms with van der Waals surface area (Å²) in [5, 5.41) is 3.73. The monoisotopic (exact) mass is 266 g/mol. The van der Waals surface area contributed by atoms with Crippen molar-refractivity contribution in [2.24, 2.45) is 5.41 Å². The molecule has 0 radical (unpaired) electrons. The molecule has 0 aromatic heterocycles. The second-order valence-electron chi connectivity index (χ2n) is 7.67. The van der Waals surface area contributed by atoms with Gasteiger partial charge in [0.1, 0.15) is 0 Å². The largest absolute Gasteiger partial charge is 0.314 e. The molecule has 0 aromatic rings. The Kier molecular flexibility index (Phi) is 5.70. The highest BCUT2D eigenvalue weighted by Gasteiger charge is 2.28. The van der Waals surface area contributed by atoms with E-state index in [1.807, 2.05) is 0 Å². The third-order valence-electron chi connectivity index (χ3n) is 5.41. The SMILES string of the molecule is CN(CCCNC1CCCC1)C1CCC(C)(C)CC1. The van der Waals surface area contributed by atoms with Gasteiger partial charge in [-0.15, -0.1) is 0 Å². The average Bonchev–Trinajstić information content (AvgIpc) is 2.87. The average molecular weight is 266 g/mol. The number of nitrogens with zero attached hydrogens (tertiary/aromatic N) is 1. The molecule has 1 N–H and O–H groups in total. The maximum absolute atomic E-state index is 3.73. The molecule has 0 atom stereocenters. The van der Waals surface area contributed by atoms with Gasteiger partial charge in [0.15, 0.2) is 0 Å². The Balaban J connectivity index is 1.55. The Bertz CT molecular complexity index is 246. The van der Waals surface area contributed by atoms with Gasteiger partial charge in [0.25, 0.3) is 0 Å². The van der Waals surface area contributed by atoms with Crippen LogP contribution in [-0.4, -0.2) is 37.1 Å². The van der Waals surface area contributed by atoms with Crippen LogP contribution in [0.5, 0.6) is 0 Å². The van der Waals surface area contributed by atoms with Crippen molar-refractivity contribution in [3.63, 3.8) is 0 Å². The lowest BCUT2D eigenvalue weighted by Gasteiger charge is -2.38. The van der Waals surface area contributed by atoms with E-state index in [0.717, 1.165) is 12.1 Å². The van der Waals surface area contributed by atoms with E-state index in [4.69, 9.17) is 0 Å². The van der Waals surface area contributed by atoms with Crippen LogP contribution in [0.25, 0.3) is 0 Å². The standard InChI is InChI=1S/C17H34N2/c1-17(2)11-9-16(10-12-17)19(3)14-6-13-18-15-7-4-5-8-15/h15-16,18H,4-14H2,1-3H3. The molecule has 2 rings (SSSR count). The van der Waals surface area contributed by atoms with Gasteiger partial charge in [-0.25, -0.2) is 0 Å². The Hall–Kier alpha value is -0.0800. The quantitative estimate of drug-likeness (QED) is 0.736. The molecule has 19 heavy (non-hydrogen) atoms. The smallest absolute Gasteiger partial charge is 0.00926 e. The van der Waals surface area contributed by atoms with Gasteiger partial charge in [-0.2, -0.15) is 0 Å². The highest BCUT2D eigenvalue weighted by atomic mass is 15.1. The van der Waals surface area contributed by atoms with Crippen LogP contribution in [0.2, 0.25) is 0 Å². The molecule has 0 saturated heterocycles. The predicted octanol–water partition coefficient (Wildman–Crippen LogP) is 3.81. The number of rotatable bonds is 6. The molecule has 0 aliphatic heterocycles. The van der Waals surface area contributed by atoms with E-state index in [2.05, 4.69) is 31.1 Å². The molecule has 0 amide bonds. The summed E-state index contributed by atoms with van der Waals surface area (Å²) >= 11 is 0. The van der Waals surface area contributed by atoms with Gasteiger partial charge in [0.05, 0.1) is 0 Å². The summed E-state index contributed by atoms with van der Waals surface area (Å²) in [6.07, 6.45) is 12.6. The Morgan fingerprint density at radius 3 is 2.32 bits per heavy atom. The first kappa shape index (κ1) is 15.3. The minimum Gasteiger partial charge on any atom is -0.314 e.